The van der Waals surface area contributed by atoms with Gasteiger partial charge in [0, 0.05) is 14.1 Å². The van der Waals surface area contributed by atoms with Crippen molar-refractivity contribution in [3.05, 3.63) is 11.3 Å². The number of rotatable bonds is 3. The smallest absolute Gasteiger partial charge is 0.343 e. The fourth-order valence-corrected chi connectivity index (χ4v) is 1.24. The number of aromatic nitrogens is 2. The summed E-state index contributed by atoms with van der Waals surface area (Å²) in [5.41, 5.74) is 6.48. The van der Waals surface area contributed by atoms with E-state index in [4.69, 9.17) is 10.5 Å². The first kappa shape index (κ1) is 12.2. The maximum absolute atomic E-state index is 11.6. The molecule has 1 rings (SSSR count). The Morgan fingerprint density at radius 1 is 1.44 bits per heavy atom. The molecule has 1 heterocycles. The van der Waals surface area contributed by atoms with Gasteiger partial charge in [-0.05, 0) is 13.8 Å². The third kappa shape index (κ3) is 2.39. The van der Waals surface area contributed by atoms with Crippen molar-refractivity contribution in [3.8, 4) is 0 Å². The van der Waals surface area contributed by atoms with Crippen LogP contribution < -0.4 is 10.6 Å². The molecule has 1 aromatic heterocycles. The highest BCUT2D eigenvalue weighted by Crippen LogP contribution is 2.17. The monoisotopic (exact) mass is 224 g/mol. The summed E-state index contributed by atoms with van der Waals surface area (Å²) >= 11 is 0. The van der Waals surface area contributed by atoms with Crippen LogP contribution in [0.3, 0.4) is 0 Å². The van der Waals surface area contributed by atoms with Gasteiger partial charge < -0.3 is 15.4 Å². The highest BCUT2D eigenvalue weighted by atomic mass is 16.5. The summed E-state index contributed by atoms with van der Waals surface area (Å²) in [5.74, 6) is 0.139. The molecule has 88 valence electrons. The zero-order chi connectivity index (χ0) is 12.3. The van der Waals surface area contributed by atoms with E-state index in [-0.39, 0.29) is 11.4 Å². The number of hydrogen-bond donors (Lipinski definition) is 1. The first-order valence-corrected chi connectivity index (χ1v) is 4.96. The van der Waals surface area contributed by atoms with E-state index in [2.05, 4.69) is 9.97 Å². The summed E-state index contributed by atoms with van der Waals surface area (Å²) < 4.78 is 4.88. The van der Waals surface area contributed by atoms with Crippen molar-refractivity contribution in [2.45, 2.75) is 13.8 Å². The van der Waals surface area contributed by atoms with Crippen LogP contribution in [0.4, 0.5) is 11.8 Å². The molecule has 0 bridgehead atoms. The fraction of sp³-hybridized carbons (Fsp3) is 0.500. The number of anilines is 2. The second-order valence-electron chi connectivity index (χ2n) is 3.48. The molecule has 0 saturated heterocycles. The normalized spacial score (nSPS) is 10.0. The highest BCUT2D eigenvalue weighted by molar-refractivity contribution is 5.95. The molecule has 0 saturated carbocycles. The standard InChI is InChI=1S/C10H16N4O2/c1-5-16-9(15)7-6(2)12-10(14(3)4)13-8(7)11/h5H2,1-4H3,(H2,11,12,13). The Balaban J connectivity index is 3.17. The molecule has 0 atom stereocenters. The number of nitrogens with two attached hydrogens (primary N) is 1. The van der Waals surface area contributed by atoms with Gasteiger partial charge in [-0.1, -0.05) is 0 Å². The molecule has 0 aliphatic carbocycles. The van der Waals surface area contributed by atoms with Crippen molar-refractivity contribution in [2.24, 2.45) is 0 Å². The summed E-state index contributed by atoms with van der Waals surface area (Å²) in [6.07, 6.45) is 0. The van der Waals surface area contributed by atoms with Gasteiger partial charge in [0.1, 0.15) is 11.4 Å². The van der Waals surface area contributed by atoms with Crippen molar-refractivity contribution in [2.75, 3.05) is 31.3 Å². The van der Waals surface area contributed by atoms with Gasteiger partial charge >= 0.3 is 5.97 Å². The quantitative estimate of drug-likeness (QED) is 0.757. The topological polar surface area (TPSA) is 81.3 Å². The molecule has 0 aliphatic rings. The summed E-state index contributed by atoms with van der Waals surface area (Å²) in [5, 5.41) is 0. The van der Waals surface area contributed by atoms with Crippen LogP contribution in [0.25, 0.3) is 0 Å². The van der Waals surface area contributed by atoms with Crippen LogP contribution in [0.2, 0.25) is 0 Å². The number of hydrogen-bond acceptors (Lipinski definition) is 6. The van der Waals surface area contributed by atoms with Crippen LogP contribution >= 0.6 is 0 Å². The molecule has 0 unspecified atom stereocenters. The van der Waals surface area contributed by atoms with Crippen molar-refractivity contribution in [1.82, 2.24) is 9.97 Å². The summed E-state index contributed by atoms with van der Waals surface area (Å²) in [4.78, 5) is 21.5. The number of carbonyl (C=O) groups excluding carboxylic acids is 1. The predicted molar refractivity (Wildman–Crippen MR) is 61.5 cm³/mol. The third-order valence-corrected chi connectivity index (χ3v) is 1.99. The van der Waals surface area contributed by atoms with Gasteiger partial charge in [0.05, 0.1) is 12.3 Å². The van der Waals surface area contributed by atoms with Crippen molar-refractivity contribution >= 4 is 17.7 Å². The van der Waals surface area contributed by atoms with Crippen LogP contribution in [-0.4, -0.2) is 36.6 Å². The van der Waals surface area contributed by atoms with Gasteiger partial charge in [0.25, 0.3) is 0 Å². The lowest BCUT2D eigenvalue weighted by atomic mass is 10.2. The van der Waals surface area contributed by atoms with Crippen LogP contribution in [0.15, 0.2) is 0 Å². The highest BCUT2D eigenvalue weighted by Gasteiger charge is 2.18. The van der Waals surface area contributed by atoms with E-state index < -0.39 is 5.97 Å². The Morgan fingerprint density at radius 2 is 2.06 bits per heavy atom. The first-order chi connectivity index (χ1) is 7.47. The minimum Gasteiger partial charge on any atom is -0.462 e. The Hall–Kier alpha value is -1.85. The van der Waals surface area contributed by atoms with Gasteiger partial charge in [-0.25, -0.2) is 9.78 Å². The van der Waals surface area contributed by atoms with Crippen LogP contribution in [0.5, 0.6) is 0 Å². The third-order valence-electron chi connectivity index (χ3n) is 1.99. The molecule has 0 aromatic carbocycles. The SMILES string of the molecule is CCOC(=O)c1c(C)nc(N(C)C)nc1N. The van der Waals surface area contributed by atoms with Gasteiger partial charge in [0.2, 0.25) is 5.95 Å². The van der Waals surface area contributed by atoms with E-state index >= 15 is 0 Å². The Labute approximate surface area is 94.4 Å². The van der Waals surface area contributed by atoms with Crippen molar-refractivity contribution in [3.63, 3.8) is 0 Å². The lowest BCUT2D eigenvalue weighted by Gasteiger charge is -2.13. The summed E-state index contributed by atoms with van der Waals surface area (Å²) in [6.45, 7) is 3.74. The maximum atomic E-state index is 11.6. The second kappa shape index (κ2) is 4.78. The lowest BCUT2D eigenvalue weighted by Crippen LogP contribution is -2.18. The predicted octanol–water partition coefficient (Wildman–Crippen LogP) is 0.610. The van der Waals surface area contributed by atoms with Crippen molar-refractivity contribution < 1.29 is 9.53 Å². The van der Waals surface area contributed by atoms with Crippen LogP contribution in [0, 0.1) is 6.92 Å². The number of carbonyl (C=O) groups is 1. The average molecular weight is 224 g/mol. The van der Waals surface area contributed by atoms with Crippen molar-refractivity contribution in [1.29, 1.82) is 0 Å². The second-order valence-corrected chi connectivity index (χ2v) is 3.48. The summed E-state index contributed by atoms with van der Waals surface area (Å²) in [7, 11) is 3.61. The molecular weight excluding hydrogens is 208 g/mol. The minimum absolute atomic E-state index is 0.148. The largest absolute Gasteiger partial charge is 0.462 e. The number of nitrogen functional groups attached to an aromatic ring is 1. The molecular formula is C10H16N4O2. The fourth-order valence-electron chi connectivity index (χ4n) is 1.24. The molecule has 6 nitrogen and oxygen atoms in total. The summed E-state index contributed by atoms with van der Waals surface area (Å²) in [6, 6.07) is 0. The van der Waals surface area contributed by atoms with E-state index in [1.54, 1.807) is 32.8 Å². The minimum atomic E-state index is -0.484. The molecule has 16 heavy (non-hydrogen) atoms. The number of aryl methyl sites for hydroxylation is 1. The lowest BCUT2D eigenvalue weighted by molar-refractivity contribution is 0.0526. The molecule has 0 spiro atoms. The van der Waals surface area contributed by atoms with Gasteiger partial charge in [-0.2, -0.15) is 4.98 Å². The molecule has 2 N–H and O–H groups in total. The molecule has 1 aromatic rings. The maximum Gasteiger partial charge on any atom is 0.343 e. The van der Waals surface area contributed by atoms with Crippen LogP contribution in [-0.2, 0) is 4.74 Å². The van der Waals surface area contributed by atoms with E-state index in [0.29, 0.717) is 18.2 Å². The zero-order valence-electron chi connectivity index (χ0n) is 9.94. The molecule has 0 aliphatic heterocycles. The van der Waals surface area contributed by atoms with Gasteiger partial charge in [-0.3, -0.25) is 0 Å². The van der Waals surface area contributed by atoms with Gasteiger partial charge in [-0.15, -0.1) is 0 Å². The first-order valence-electron chi connectivity index (χ1n) is 4.96. The van der Waals surface area contributed by atoms with Gasteiger partial charge in [0.15, 0.2) is 0 Å². The Kier molecular flexibility index (Phi) is 3.65. The van der Waals surface area contributed by atoms with E-state index in [9.17, 15) is 4.79 Å². The Bertz CT molecular complexity index is 381. The van der Waals surface area contributed by atoms with E-state index in [0.717, 1.165) is 0 Å². The average Bonchev–Trinajstić information content (AvgIpc) is 2.16. The molecule has 0 amide bonds. The zero-order valence-corrected chi connectivity index (χ0v) is 9.94. The Morgan fingerprint density at radius 3 is 2.50 bits per heavy atom. The van der Waals surface area contributed by atoms with E-state index in [1.807, 2.05) is 0 Å². The van der Waals surface area contributed by atoms with Crippen LogP contribution in [0.1, 0.15) is 23.0 Å². The molecule has 0 fully saturated rings. The molecule has 0 radical (unpaired) electrons. The number of esters is 1. The number of nitrogens with zero attached hydrogens (tertiary/aromatic N) is 3. The number of ether oxygens (including phenoxy) is 1. The van der Waals surface area contributed by atoms with E-state index in [1.165, 1.54) is 0 Å². The molecule has 6 heteroatoms.